The Hall–Kier alpha value is -2.24. The molecule has 0 aliphatic carbocycles. The van der Waals surface area contributed by atoms with Gasteiger partial charge < -0.3 is 4.74 Å². The number of carbonyl (C=O) groups is 1. The van der Waals surface area contributed by atoms with E-state index in [1.54, 1.807) is 0 Å². The van der Waals surface area contributed by atoms with Crippen LogP contribution in [0.2, 0.25) is 0 Å². The van der Waals surface area contributed by atoms with Crippen molar-refractivity contribution < 1.29 is 18.3 Å². The first-order valence-electron chi connectivity index (χ1n) is 5.10. The van der Waals surface area contributed by atoms with Gasteiger partial charge in [-0.3, -0.25) is 9.48 Å². The van der Waals surface area contributed by atoms with Crippen molar-refractivity contribution in [2.45, 2.75) is 0 Å². The Balaban J connectivity index is 2.54. The van der Waals surface area contributed by atoms with Gasteiger partial charge in [0.15, 0.2) is 11.4 Å². The molecule has 1 aromatic heterocycles. The summed E-state index contributed by atoms with van der Waals surface area (Å²) in [6.45, 7) is 0. The normalized spacial score (nSPS) is 10.4. The van der Waals surface area contributed by atoms with Crippen molar-refractivity contribution in [2.24, 2.45) is 7.05 Å². The van der Waals surface area contributed by atoms with Crippen molar-refractivity contribution in [3.05, 3.63) is 47.3 Å². The van der Waals surface area contributed by atoms with Gasteiger partial charge in [-0.05, 0) is 18.2 Å². The average molecular weight is 252 g/mol. The number of benzene rings is 1. The topological polar surface area (TPSA) is 44.1 Å². The summed E-state index contributed by atoms with van der Waals surface area (Å²) in [5.41, 5.74) is -0.279. The lowest BCUT2D eigenvalue weighted by Gasteiger charge is -2.05. The van der Waals surface area contributed by atoms with Crippen LogP contribution in [0.4, 0.5) is 8.78 Å². The van der Waals surface area contributed by atoms with E-state index in [2.05, 4.69) is 5.10 Å². The van der Waals surface area contributed by atoms with Gasteiger partial charge in [0.1, 0.15) is 11.6 Å². The molecular formula is C12H10F2N2O2. The van der Waals surface area contributed by atoms with Crippen molar-refractivity contribution >= 4 is 5.78 Å². The lowest BCUT2D eigenvalue weighted by atomic mass is 10.1. The largest absolute Gasteiger partial charge is 0.493 e. The first-order chi connectivity index (χ1) is 8.54. The van der Waals surface area contributed by atoms with Crippen molar-refractivity contribution in [2.75, 3.05) is 7.11 Å². The van der Waals surface area contributed by atoms with Crippen LogP contribution in [0.25, 0.3) is 0 Å². The number of rotatable bonds is 3. The van der Waals surface area contributed by atoms with E-state index in [9.17, 15) is 13.6 Å². The predicted molar refractivity (Wildman–Crippen MR) is 59.6 cm³/mol. The summed E-state index contributed by atoms with van der Waals surface area (Å²) in [6.07, 6.45) is 1.34. The van der Waals surface area contributed by atoms with E-state index in [-0.39, 0.29) is 17.0 Å². The molecule has 0 radical (unpaired) electrons. The minimum Gasteiger partial charge on any atom is -0.493 e. The second kappa shape index (κ2) is 4.56. The predicted octanol–water partition coefficient (Wildman–Crippen LogP) is 1.94. The van der Waals surface area contributed by atoms with Crippen LogP contribution in [0.5, 0.6) is 5.75 Å². The number of halogens is 2. The highest BCUT2D eigenvalue weighted by atomic mass is 19.1. The number of aryl methyl sites for hydroxylation is 1. The maximum absolute atomic E-state index is 13.5. The highest BCUT2D eigenvalue weighted by Crippen LogP contribution is 2.22. The van der Waals surface area contributed by atoms with Crippen LogP contribution in [-0.2, 0) is 7.05 Å². The summed E-state index contributed by atoms with van der Waals surface area (Å²) < 4.78 is 32.8. The second-order valence-corrected chi connectivity index (χ2v) is 3.64. The summed E-state index contributed by atoms with van der Waals surface area (Å²) >= 11 is 0. The third-order valence-electron chi connectivity index (χ3n) is 2.51. The number of ether oxygens (including phenoxy) is 1. The quantitative estimate of drug-likeness (QED) is 0.784. The van der Waals surface area contributed by atoms with E-state index in [0.29, 0.717) is 0 Å². The summed E-state index contributed by atoms with van der Waals surface area (Å²) in [7, 11) is 2.89. The molecule has 94 valence electrons. The van der Waals surface area contributed by atoms with E-state index in [1.165, 1.54) is 25.0 Å². The fraction of sp³-hybridized carbons (Fsp3) is 0.167. The van der Waals surface area contributed by atoms with Crippen molar-refractivity contribution in [1.82, 2.24) is 9.78 Å². The van der Waals surface area contributed by atoms with Crippen LogP contribution in [0.3, 0.4) is 0 Å². The van der Waals surface area contributed by atoms with Gasteiger partial charge in [-0.1, -0.05) is 0 Å². The molecule has 0 bridgehead atoms. The third kappa shape index (κ3) is 1.97. The molecule has 0 unspecified atom stereocenters. The van der Waals surface area contributed by atoms with Crippen LogP contribution in [-0.4, -0.2) is 22.7 Å². The number of carbonyl (C=O) groups excluding carboxylic acids is 1. The van der Waals surface area contributed by atoms with Crippen LogP contribution in [0, 0.1) is 11.6 Å². The van der Waals surface area contributed by atoms with Gasteiger partial charge in [0.25, 0.3) is 0 Å². The molecule has 0 fully saturated rings. The van der Waals surface area contributed by atoms with Crippen LogP contribution in [0.15, 0.2) is 24.4 Å². The van der Waals surface area contributed by atoms with E-state index in [1.807, 2.05) is 0 Å². The Bertz CT molecular complexity index is 608. The lowest BCUT2D eigenvalue weighted by Crippen LogP contribution is -2.11. The highest BCUT2D eigenvalue weighted by Gasteiger charge is 2.22. The maximum Gasteiger partial charge on any atom is 0.217 e. The third-order valence-corrected chi connectivity index (χ3v) is 2.51. The SMILES string of the molecule is COc1cnn(C)c1C(=O)c1cc(F)ccc1F. The molecule has 0 amide bonds. The average Bonchev–Trinajstić information content (AvgIpc) is 2.72. The summed E-state index contributed by atoms with van der Waals surface area (Å²) in [5, 5.41) is 3.84. The van der Waals surface area contributed by atoms with E-state index in [0.717, 1.165) is 18.2 Å². The smallest absolute Gasteiger partial charge is 0.217 e. The molecule has 4 nitrogen and oxygen atoms in total. The molecule has 0 saturated carbocycles. The van der Waals surface area contributed by atoms with E-state index < -0.39 is 17.4 Å². The fourth-order valence-corrected chi connectivity index (χ4v) is 1.62. The molecule has 0 spiro atoms. The number of hydrogen-bond donors (Lipinski definition) is 0. The van der Waals surface area contributed by atoms with Gasteiger partial charge >= 0.3 is 0 Å². The lowest BCUT2D eigenvalue weighted by molar-refractivity contribution is 0.102. The molecule has 2 rings (SSSR count). The molecule has 0 saturated heterocycles. The summed E-state index contributed by atoms with van der Waals surface area (Å²) in [5.74, 6) is -1.93. The number of ketones is 1. The summed E-state index contributed by atoms with van der Waals surface area (Å²) in [6, 6.07) is 2.71. The number of nitrogens with zero attached hydrogens (tertiary/aromatic N) is 2. The molecule has 0 aliphatic heterocycles. The molecular weight excluding hydrogens is 242 g/mol. The molecule has 6 heteroatoms. The van der Waals surface area contributed by atoms with E-state index in [4.69, 9.17) is 4.74 Å². The first-order valence-corrected chi connectivity index (χ1v) is 5.10. The highest BCUT2D eigenvalue weighted by molar-refractivity contribution is 6.09. The Kier molecular flexibility index (Phi) is 3.10. The zero-order valence-electron chi connectivity index (χ0n) is 9.78. The fourth-order valence-electron chi connectivity index (χ4n) is 1.62. The number of methoxy groups -OCH3 is 1. The standard InChI is InChI=1S/C12H10F2N2O2/c1-16-11(10(18-2)6-15-16)12(17)8-5-7(13)3-4-9(8)14/h3-6H,1-2H3. The molecule has 2 aromatic rings. The zero-order valence-corrected chi connectivity index (χ0v) is 9.78. The minimum absolute atomic E-state index is 0.0713. The van der Waals surface area contributed by atoms with Crippen molar-refractivity contribution in [1.29, 1.82) is 0 Å². The van der Waals surface area contributed by atoms with Gasteiger partial charge in [0.2, 0.25) is 5.78 Å². The van der Waals surface area contributed by atoms with Gasteiger partial charge in [0.05, 0.1) is 18.9 Å². The number of hydrogen-bond acceptors (Lipinski definition) is 3. The summed E-state index contributed by atoms with van der Waals surface area (Å²) in [4.78, 5) is 12.1. The van der Waals surface area contributed by atoms with Gasteiger partial charge in [-0.15, -0.1) is 0 Å². The second-order valence-electron chi connectivity index (χ2n) is 3.64. The molecule has 0 atom stereocenters. The van der Waals surface area contributed by atoms with Crippen molar-refractivity contribution in [3.8, 4) is 5.75 Å². The van der Waals surface area contributed by atoms with E-state index >= 15 is 0 Å². The molecule has 1 heterocycles. The van der Waals surface area contributed by atoms with Gasteiger partial charge in [-0.2, -0.15) is 5.10 Å². The molecule has 0 aliphatic rings. The van der Waals surface area contributed by atoms with Crippen LogP contribution < -0.4 is 4.74 Å². The maximum atomic E-state index is 13.5. The minimum atomic E-state index is -0.787. The Morgan fingerprint density at radius 1 is 1.39 bits per heavy atom. The van der Waals surface area contributed by atoms with Crippen LogP contribution >= 0.6 is 0 Å². The monoisotopic (exact) mass is 252 g/mol. The van der Waals surface area contributed by atoms with Crippen LogP contribution in [0.1, 0.15) is 16.1 Å². The van der Waals surface area contributed by atoms with Gasteiger partial charge in [0, 0.05) is 7.05 Å². The zero-order chi connectivity index (χ0) is 13.3. The van der Waals surface area contributed by atoms with Gasteiger partial charge in [-0.25, -0.2) is 8.78 Å². The number of aromatic nitrogens is 2. The Labute approximate surface area is 102 Å². The molecule has 1 aromatic carbocycles. The van der Waals surface area contributed by atoms with Crippen molar-refractivity contribution in [3.63, 3.8) is 0 Å². The first kappa shape index (κ1) is 12.2. The Morgan fingerprint density at radius 2 is 2.11 bits per heavy atom. The molecule has 0 N–H and O–H groups in total. The Morgan fingerprint density at radius 3 is 2.78 bits per heavy atom. The molecule has 18 heavy (non-hydrogen) atoms.